The number of rotatable bonds is 8. The van der Waals surface area contributed by atoms with E-state index in [0.717, 1.165) is 32.2 Å². The molecule has 0 amide bonds. The zero-order chi connectivity index (χ0) is 16.4. The molecule has 136 valence electrons. The fourth-order valence-electron chi connectivity index (χ4n) is 2.35. The molecule has 0 aromatic carbocycles. The predicted molar refractivity (Wildman–Crippen MR) is 102 cm³/mol. The van der Waals surface area contributed by atoms with Crippen LogP contribution in [0.1, 0.15) is 38.5 Å². The lowest BCUT2D eigenvalue weighted by Gasteiger charge is -2.15. The van der Waals surface area contributed by atoms with Gasteiger partial charge in [0.1, 0.15) is 0 Å². The molecule has 1 rings (SSSR count). The molecular formula is C14H28IN3O4S. The van der Waals surface area contributed by atoms with Crippen LogP contribution < -0.4 is 10.6 Å². The van der Waals surface area contributed by atoms with Gasteiger partial charge in [0.15, 0.2) is 15.8 Å². The van der Waals surface area contributed by atoms with Crippen LogP contribution in [0.25, 0.3) is 0 Å². The van der Waals surface area contributed by atoms with Gasteiger partial charge in [-0.2, -0.15) is 0 Å². The smallest absolute Gasteiger partial charge is 0.305 e. The predicted octanol–water partition coefficient (Wildman–Crippen LogP) is 1.08. The summed E-state index contributed by atoms with van der Waals surface area (Å²) in [6.07, 6.45) is 4.95. The molecular weight excluding hydrogens is 433 g/mol. The Hall–Kier alpha value is -0.580. The molecule has 1 saturated heterocycles. The first kappa shape index (κ1) is 22.4. The number of aliphatic imine (C=N–C) groups is 1. The third-order valence-corrected chi connectivity index (χ3v) is 5.39. The lowest BCUT2D eigenvalue weighted by Crippen LogP contribution is -2.44. The summed E-state index contributed by atoms with van der Waals surface area (Å²) in [7, 11) is 0.202. The van der Waals surface area contributed by atoms with Crippen molar-refractivity contribution in [2.75, 3.05) is 32.2 Å². The fraction of sp³-hybridized carbons (Fsp3) is 0.857. The van der Waals surface area contributed by atoms with Gasteiger partial charge in [0.25, 0.3) is 0 Å². The number of hydrogen-bond donors (Lipinski definition) is 2. The Labute approximate surface area is 156 Å². The lowest BCUT2D eigenvalue weighted by molar-refractivity contribution is -0.140. The molecule has 0 aromatic rings. The molecule has 0 aromatic heterocycles. The topological polar surface area (TPSA) is 96.9 Å². The number of carbonyl (C=O) groups excluding carboxylic acids is 1. The Morgan fingerprint density at radius 2 is 1.96 bits per heavy atom. The largest absolute Gasteiger partial charge is 0.469 e. The maximum atomic E-state index is 11.4. The Balaban J connectivity index is 0.00000484. The second kappa shape index (κ2) is 11.9. The first-order valence-corrected chi connectivity index (χ1v) is 9.53. The zero-order valence-electron chi connectivity index (χ0n) is 13.8. The van der Waals surface area contributed by atoms with Crippen molar-refractivity contribution in [2.45, 2.75) is 44.6 Å². The number of esters is 1. The summed E-state index contributed by atoms with van der Waals surface area (Å²) in [4.78, 5) is 15.0. The average Bonchev–Trinajstić information content (AvgIpc) is 2.83. The van der Waals surface area contributed by atoms with Gasteiger partial charge in [-0.05, 0) is 19.3 Å². The highest BCUT2D eigenvalue weighted by Gasteiger charge is 2.28. The molecule has 2 N–H and O–H groups in total. The van der Waals surface area contributed by atoms with Gasteiger partial charge in [-0.15, -0.1) is 24.0 Å². The summed E-state index contributed by atoms with van der Waals surface area (Å²) in [6, 6.07) is -0.0451. The van der Waals surface area contributed by atoms with Crippen LogP contribution in [0.2, 0.25) is 0 Å². The molecule has 1 aliphatic heterocycles. The van der Waals surface area contributed by atoms with E-state index in [4.69, 9.17) is 0 Å². The molecule has 0 spiro atoms. The van der Waals surface area contributed by atoms with Crippen LogP contribution in [0.4, 0.5) is 0 Å². The average molecular weight is 461 g/mol. The molecule has 0 bridgehead atoms. The van der Waals surface area contributed by atoms with E-state index in [9.17, 15) is 13.2 Å². The number of hydrogen-bond acceptors (Lipinski definition) is 5. The number of nitrogens with one attached hydrogen (secondary N) is 2. The van der Waals surface area contributed by atoms with Crippen molar-refractivity contribution in [3.8, 4) is 0 Å². The van der Waals surface area contributed by atoms with E-state index in [1.165, 1.54) is 7.11 Å². The van der Waals surface area contributed by atoms with E-state index in [-0.39, 0.29) is 47.5 Å². The Morgan fingerprint density at radius 1 is 1.26 bits per heavy atom. The van der Waals surface area contributed by atoms with Crippen molar-refractivity contribution in [2.24, 2.45) is 4.99 Å². The van der Waals surface area contributed by atoms with E-state index in [0.29, 0.717) is 18.8 Å². The summed E-state index contributed by atoms with van der Waals surface area (Å²) in [5.41, 5.74) is 0. The van der Waals surface area contributed by atoms with Gasteiger partial charge in [0.05, 0.1) is 18.6 Å². The number of unbranched alkanes of at least 4 members (excludes halogenated alkanes) is 3. The standard InChI is InChI=1S/C14H27N3O4S.HI/c1-15-14(17-12-8-10-22(19,20)11-12)16-9-6-4-3-5-7-13(18)21-2;/h12H,3-11H2,1-2H3,(H2,15,16,17);1H. The molecule has 1 aliphatic rings. The van der Waals surface area contributed by atoms with Crippen LogP contribution in [0.15, 0.2) is 4.99 Å². The van der Waals surface area contributed by atoms with Crippen LogP contribution in [0.5, 0.6) is 0 Å². The van der Waals surface area contributed by atoms with Crippen molar-refractivity contribution in [1.29, 1.82) is 0 Å². The number of carbonyl (C=O) groups is 1. The quantitative estimate of drug-likeness (QED) is 0.185. The third-order valence-electron chi connectivity index (χ3n) is 3.62. The van der Waals surface area contributed by atoms with Gasteiger partial charge < -0.3 is 15.4 Å². The van der Waals surface area contributed by atoms with E-state index in [2.05, 4.69) is 20.4 Å². The van der Waals surface area contributed by atoms with Crippen molar-refractivity contribution in [3.63, 3.8) is 0 Å². The molecule has 1 atom stereocenters. The van der Waals surface area contributed by atoms with Crippen LogP contribution >= 0.6 is 24.0 Å². The SMILES string of the molecule is CN=C(NCCCCCCC(=O)OC)NC1CCS(=O)(=O)C1.I. The number of nitrogens with zero attached hydrogens (tertiary/aromatic N) is 1. The summed E-state index contributed by atoms with van der Waals surface area (Å²) < 4.78 is 27.4. The van der Waals surface area contributed by atoms with E-state index < -0.39 is 9.84 Å². The molecule has 23 heavy (non-hydrogen) atoms. The highest BCUT2D eigenvalue weighted by molar-refractivity contribution is 14.0. The zero-order valence-corrected chi connectivity index (χ0v) is 17.0. The van der Waals surface area contributed by atoms with Crippen molar-refractivity contribution >= 4 is 45.7 Å². The highest BCUT2D eigenvalue weighted by Crippen LogP contribution is 2.11. The molecule has 1 fully saturated rings. The molecule has 0 saturated carbocycles. The molecule has 7 nitrogen and oxygen atoms in total. The number of halogens is 1. The first-order valence-electron chi connectivity index (χ1n) is 7.71. The number of ether oxygens (including phenoxy) is 1. The maximum Gasteiger partial charge on any atom is 0.305 e. The first-order chi connectivity index (χ1) is 10.5. The van der Waals surface area contributed by atoms with Crippen LogP contribution in [-0.4, -0.2) is 58.6 Å². The number of guanidine groups is 1. The number of sulfone groups is 1. The van der Waals surface area contributed by atoms with E-state index in [1.54, 1.807) is 7.05 Å². The second-order valence-electron chi connectivity index (χ2n) is 5.48. The monoisotopic (exact) mass is 461 g/mol. The number of methoxy groups -OCH3 is 1. The minimum absolute atomic E-state index is 0. The van der Waals surface area contributed by atoms with Crippen LogP contribution in [-0.2, 0) is 19.4 Å². The normalized spacial score (nSPS) is 19.7. The third kappa shape index (κ3) is 10.0. The van der Waals surface area contributed by atoms with Crippen LogP contribution in [0, 0.1) is 0 Å². The van der Waals surface area contributed by atoms with E-state index in [1.807, 2.05) is 0 Å². The van der Waals surface area contributed by atoms with Gasteiger partial charge in [-0.3, -0.25) is 9.79 Å². The van der Waals surface area contributed by atoms with Crippen LogP contribution in [0.3, 0.4) is 0 Å². The Kier molecular flexibility index (Phi) is 11.6. The summed E-state index contributed by atoms with van der Waals surface area (Å²) in [5, 5.41) is 6.33. The van der Waals surface area contributed by atoms with Crippen molar-refractivity contribution in [3.05, 3.63) is 0 Å². The molecule has 1 heterocycles. The lowest BCUT2D eigenvalue weighted by atomic mass is 10.1. The summed E-state index contributed by atoms with van der Waals surface area (Å²) >= 11 is 0. The second-order valence-corrected chi connectivity index (χ2v) is 7.71. The highest BCUT2D eigenvalue weighted by atomic mass is 127. The molecule has 0 radical (unpaired) electrons. The van der Waals surface area contributed by atoms with Gasteiger partial charge in [0.2, 0.25) is 0 Å². The maximum absolute atomic E-state index is 11.4. The summed E-state index contributed by atoms with van der Waals surface area (Å²) in [6.45, 7) is 0.775. The van der Waals surface area contributed by atoms with Gasteiger partial charge in [-0.1, -0.05) is 12.8 Å². The minimum atomic E-state index is -2.88. The Morgan fingerprint density at radius 3 is 2.52 bits per heavy atom. The van der Waals surface area contributed by atoms with Gasteiger partial charge in [-0.25, -0.2) is 8.42 Å². The van der Waals surface area contributed by atoms with Gasteiger partial charge in [0, 0.05) is 26.1 Å². The molecule has 0 aliphatic carbocycles. The summed E-state index contributed by atoms with van der Waals surface area (Å²) in [5.74, 6) is 0.925. The van der Waals surface area contributed by atoms with Crippen molar-refractivity contribution in [1.82, 2.24) is 10.6 Å². The molecule has 1 unspecified atom stereocenters. The van der Waals surface area contributed by atoms with E-state index >= 15 is 0 Å². The van der Waals surface area contributed by atoms with Gasteiger partial charge >= 0.3 is 5.97 Å². The molecule has 9 heteroatoms. The van der Waals surface area contributed by atoms with Crippen molar-refractivity contribution < 1.29 is 17.9 Å². The Bertz CT molecular complexity index is 482. The fourth-order valence-corrected chi connectivity index (χ4v) is 4.03. The minimum Gasteiger partial charge on any atom is -0.469 e.